The van der Waals surface area contributed by atoms with Crippen molar-refractivity contribution >= 4 is 21.6 Å². The standard InChI is InChI=1S/C20H25N3O4S/c1-27-18-7-9-19(10-8-18)28(25,26)22-17-11-13-23(14-12-17)15-20(24)21-16-5-3-2-4-6-16/h2-10,17,22H,11-15H2,1H3,(H,21,24). The van der Waals surface area contributed by atoms with E-state index in [4.69, 9.17) is 4.74 Å². The number of sulfonamides is 1. The van der Waals surface area contributed by atoms with E-state index in [1.165, 1.54) is 19.2 Å². The van der Waals surface area contributed by atoms with Gasteiger partial charge in [-0.25, -0.2) is 13.1 Å². The summed E-state index contributed by atoms with van der Waals surface area (Å²) in [6.07, 6.45) is 1.32. The van der Waals surface area contributed by atoms with Crippen LogP contribution in [-0.2, 0) is 14.8 Å². The zero-order valence-electron chi connectivity index (χ0n) is 15.8. The fourth-order valence-electron chi connectivity index (χ4n) is 3.18. The molecule has 8 heteroatoms. The first kappa shape index (κ1) is 20.3. The van der Waals surface area contributed by atoms with Gasteiger partial charge in [0.1, 0.15) is 5.75 Å². The number of anilines is 1. The van der Waals surface area contributed by atoms with Gasteiger partial charge in [0.25, 0.3) is 0 Å². The van der Waals surface area contributed by atoms with Gasteiger partial charge in [0.2, 0.25) is 15.9 Å². The number of likely N-dealkylation sites (tertiary alicyclic amines) is 1. The minimum atomic E-state index is -3.57. The van der Waals surface area contributed by atoms with E-state index in [-0.39, 0.29) is 16.8 Å². The van der Waals surface area contributed by atoms with E-state index in [9.17, 15) is 13.2 Å². The SMILES string of the molecule is COc1ccc(S(=O)(=O)NC2CCN(CC(=O)Nc3ccccc3)CC2)cc1. The van der Waals surface area contributed by atoms with Crippen LogP contribution in [0, 0.1) is 0 Å². The number of carbonyl (C=O) groups excluding carboxylic acids is 1. The molecule has 7 nitrogen and oxygen atoms in total. The van der Waals surface area contributed by atoms with Crippen molar-refractivity contribution in [2.75, 3.05) is 32.1 Å². The van der Waals surface area contributed by atoms with E-state index in [1.807, 2.05) is 35.2 Å². The fraction of sp³-hybridized carbons (Fsp3) is 0.350. The lowest BCUT2D eigenvalue weighted by atomic mass is 10.1. The van der Waals surface area contributed by atoms with Crippen molar-refractivity contribution < 1.29 is 17.9 Å². The predicted molar refractivity (Wildman–Crippen MR) is 108 cm³/mol. The monoisotopic (exact) mass is 403 g/mol. The molecule has 0 radical (unpaired) electrons. The van der Waals surface area contributed by atoms with Crippen molar-refractivity contribution in [3.05, 3.63) is 54.6 Å². The third-order valence-electron chi connectivity index (χ3n) is 4.70. The van der Waals surface area contributed by atoms with Gasteiger partial charge in [0.15, 0.2) is 0 Å². The summed E-state index contributed by atoms with van der Waals surface area (Å²) in [5, 5.41) is 2.87. The van der Waals surface area contributed by atoms with E-state index in [0.29, 0.717) is 38.2 Å². The molecule has 1 saturated heterocycles. The Labute approximate surface area is 165 Å². The van der Waals surface area contributed by atoms with E-state index < -0.39 is 10.0 Å². The van der Waals surface area contributed by atoms with Crippen LogP contribution < -0.4 is 14.8 Å². The maximum Gasteiger partial charge on any atom is 0.240 e. The summed E-state index contributed by atoms with van der Waals surface area (Å²) in [5.74, 6) is 0.546. The second kappa shape index (κ2) is 9.18. The molecule has 0 spiro atoms. The number of hydrogen-bond donors (Lipinski definition) is 2. The Hall–Kier alpha value is -2.42. The Balaban J connectivity index is 1.47. The van der Waals surface area contributed by atoms with Gasteiger partial charge in [-0.05, 0) is 49.2 Å². The van der Waals surface area contributed by atoms with E-state index in [0.717, 1.165) is 5.69 Å². The van der Waals surface area contributed by atoms with Crippen molar-refractivity contribution in [1.29, 1.82) is 0 Å². The van der Waals surface area contributed by atoms with Crippen molar-refractivity contribution in [2.24, 2.45) is 0 Å². The quantitative estimate of drug-likeness (QED) is 0.739. The summed E-state index contributed by atoms with van der Waals surface area (Å²) >= 11 is 0. The molecule has 3 rings (SSSR count). The highest BCUT2D eigenvalue weighted by Gasteiger charge is 2.25. The molecule has 0 unspecified atom stereocenters. The molecule has 1 aliphatic rings. The van der Waals surface area contributed by atoms with Crippen LogP contribution in [0.15, 0.2) is 59.5 Å². The Morgan fingerprint density at radius 2 is 1.71 bits per heavy atom. The zero-order valence-corrected chi connectivity index (χ0v) is 16.6. The summed E-state index contributed by atoms with van der Waals surface area (Å²) < 4.78 is 32.9. The first-order chi connectivity index (χ1) is 13.5. The van der Waals surface area contributed by atoms with Crippen LogP contribution in [0.5, 0.6) is 5.75 Å². The number of rotatable bonds is 7. The Kier molecular flexibility index (Phi) is 6.66. The highest BCUT2D eigenvalue weighted by molar-refractivity contribution is 7.89. The highest BCUT2D eigenvalue weighted by Crippen LogP contribution is 2.18. The van der Waals surface area contributed by atoms with Crippen LogP contribution in [0.4, 0.5) is 5.69 Å². The van der Waals surface area contributed by atoms with Crippen LogP contribution in [-0.4, -0.2) is 52.0 Å². The number of ether oxygens (including phenoxy) is 1. The Bertz CT molecular complexity index is 877. The van der Waals surface area contributed by atoms with Crippen LogP contribution in [0.3, 0.4) is 0 Å². The largest absolute Gasteiger partial charge is 0.497 e. The maximum absolute atomic E-state index is 12.5. The third kappa shape index (κ3) is 5.54. The smallest absolute Gasteiger partial charge is 0.240 e. The summed E-state index contributed by atoms with van der Waals surface area (Å²) in [7, 11) is -2.03. The Morgan fingerprint density at radius 1 is 1.07 bits per heavy atom. The Morgan fingerprint density at radius 3 is 2.32 bits per heavy atom. The molecule has 0 atom stereocenters. The van der Waals surface area contributed by atoms with Gasteiger partial charge < -0.3 is 10.1 Å². The highest BCUT2D eigenvalue weighted by atomic mass is 32.2. The number of nitrogens with zero attached hydrogens (tertiary/aromatic N) is 1. The van der Waals surface area contributed by atoms with Crippen LogP contribution >= 0.6 is 0 Å². The molecule has 2 aromatic carbocycles. The van der Waals surface area contributed by atoms with Crippen molar-refractivity contribution in [3.63, 3.8) is 0 Å². The average molecular weight is 404 g/mol. The van der Waals surface area contributed by atoms with Crippen molar-refractivity contribution in [1.82, 2.24) is 9.62 Å². The lowest BCUT2D eigenvalue weighted by Gasteiger charge is -2.31. The van der Waals surface area contributed by atoms with Gasteiger partial charge in [0, 0.05) is 24.8 Å². The first-order valence-electron chi connectivity index (χ1n) is 9.20. The van der Waals surface area contributed by atoms with Gasteiger partial charge in [-0.15, -0.1) is 0 Å². The molecule has 0 aliphatic carbocycles. The minimum absolute atomic E-state index is 0.0662. The molecule has 1 aliphatic heterocycles. The molecular formula is C20H25N3O4S. The lowest BCUT2D eigenvalue weighted by molar-refractivity contribution is -0.117. The van der Waals surface area contributed by atoms with E-state index in [2.05, 4.69) is 10.0 Å². The predicted octanol–water partition coefficient (Wildman–Crippen LogP) is 2.08. The molecule has 1 heterocycles. The van der Waals surface area contributed by atoms with E-state index >= 15 is 0 Å². The third-order valence-corrected chi connectivity index (χ3v) is 6.24. The zero-order chi connectivity index (χ0) is 20.0. The molecule has 0 saturated carbocycles. The van der Waals surface area contributed by atoms with Gasteiger partial charge in [0.05, 0.1) is 18.6 Å². The van der Waals surface area contributed by atoms with Crippen molar-refractivity contribution in [3.8, 4) is 5.75 Å². The van der Waals surface area contributed by atoms with Crippen LogP contribution in [0.2, 0.25) is 0 Å². The number of nitrogens with one attached hydrogen (secondary N) is 2. The molecule has 28 heavy (non-hydrogen) atoms. The number of hydrogen-bond acceptors (Lipinski definition) is 5. The molecular weight excluding hydrogens is 378 g/mol. The van der Waals surface area contributed by atoms with Gasteiger partial charge in [-0.3, -0.25) is 9.69 Å². The number of amides is 1. The number of piperidine rings is 1. The summed E-state index contributed by atoms with van der Waals surface area (Å²) in [4.78, 5) is 14.4. The van der Waals surface area contributed by atoms with Gasteiger partial charge >= 0.3 is 0 Å². The molecule has 2 aromatic rings. The van der Waals surface area contributed by atoms with Crippen LogP contribution in [0.1, 0.15) is 12.8 Å². The van der Waals surface area contributed by atoms with E-state index in [1.54, 1.807) is 12.1 Å². The summed E-state index contributed by atoms with van der Waals surface area (Å²) in [6.45, 7) is 1.63. The lowest BCUT2D eigenvalue weighted by Crippen LogP contribution is -2.46. The molecule has 2 N–H and O–H groups in total. The minimum Gasteiger partial charge on any atom is -0.497 e. The second-order valence-electron chi connectivity index (χ2n) is 6.76. The summed E-state index contributed by atoms with van der Waals surface area (Å²) in [5.41, 5.74) is 0.773. The van der Waals surface area contributed by atoms with Crippen LogP contribution in [0.25, 0.3) is 0 Å². The molecule has 0 bridgehead atoms. The maximum atomic E-state index is 12.5. The topological polar surface area (TPSA) is 87.7 Å². The summed E-state index contributed by atoms with van der Waals surface area (Å²) in [6, 6.07) is 15.5. The number of carbonyl (C=O) groups is 1. The van der Waals surface area contributed by atoms with Gasteiger partial charge in [-0.2, -0.15) is 0 Å². The first-order valence-corrected chi connectivity index (χ1v) is 10.7. The van der Waals surface area contributed by atoms with Gasteiger partial charge in [-0.1, -0.05) is 18.2 Å². The molecule has 0 aromatic heterocycles. The number of methoxy groups -OCH3 is 1. The fourth-order valence-corrected chi connectivity index (χ4v) is 4.48. The number of benzene rings is 2. The second-order valence-corrected chi connectivity index (χ2v) is 8.48. The molecule has 150 valence electrons. The normalized spacial score (nSPS) is 15.9. The molecule has 1 fully saturated rings. The molecule has 1 amide bonds. The van der Waals surface area contributed by atoms with Crippen molar-refractivity contribution in [2.45, 2.75) is 23.8 Å². The average Bonchev–Trinajstić information content (AvgIpc) is 2.70. The number of para-hydroxylation sites is 1.